The quantitative estimate of drug-likeness (QED) is 0.609. The van der Waals surface area contributed by atoms with Gasteiger partial charge in [-0.05, 0) is 70.4 Å². The van der Waals surface area contributed by atoms with Gasteiger partial charge in [0.2, 0.25) is 10.0 Å². The van der Waals surface area contributed by atoms with Crippen molar-refractivity contribution in [3.05, 3.63) is 58.4 Å². The van der Waals surface area contributed by atoms with Crippen LogP contribution in [-0.2, 0) is 10.0 Å². The van der Waals surface area contributed by atoms with Crippen molar-refractivity contribution in [2.75, 3.05) is 25.5 Å². The molecule has 0 aromatic heterocycles. The highest BCUT2D eigenvalue weighted by Gasteiger charge is 2.29. The van der Waals surface area contributed by atoms with Gasteiger partial charge in [0.05, 0.1) is 10.7 Å². The predicted octanol–water partition coefficient (Wildman–Crippen LogP) is 4.47. The smallest absolute Gasteiger partial charge is 0.255 e. The number of nitrogens with one attached hydrogen (secondary N) is 2. The lowest BCUT2D eigenvalue weighted by Gasteiger charge is -2.32. The second kappa shape index (κ2) is 10.9. The summed E-state index contributed by atoms with van der Waals surface area (Å²) in [6.07, 6.45) is 1.74. The number of halogens is 3. The van der Waals surface area contributed by atoms with Gasteiger partial charge in [0.15, 0.2) is 0 Å². The second-order valence-electron chi connectivity index (χ2n) is 8.08. The van der Waals surface area contributed by atoms with Crippen molar-refractivity contribution in [2.24, 2.45) is 5.92 Å². The number of aryl methyl sites for hydroxylation is 1. The zero-order chi connectivity index (χ0) is 22.8. The van der Waals surface area contributed by atoms with E-state index in [9.17, 15) is 17.6 Å². The van der Waals surface area contributed by atoms with E-state index in [4.69, 9.17) is 11.6 Å². The Hall–Kier alpha value is -1.71. The van der Waals surface area contributed by atoms with E-state index < -0.39 is 26.6 Å². The molecule has 1 aliphatic rings. The third kappa shape index (κ3) is 6.20. The molecule has 2 N–H and O–H groups in total. The van der Waals surface area contributed by atoms with Gasteiger partial charge >= 0.3 is 0 Å². The summed E-state index contributed by atoms with van der Waals surface area (Å²) in [5.41, 5.74) is 1.18. The first-order valence-corrected chi connectivity index (χ1v) is 12.0. The number of benzene rings is 2. The fourth-order valence-electron chi connectivity index (χ4n) is 3.78. The minimum atomic E-state index is -4.12. The molecule has 1 atom stereocenters. The predicted molar refractivity (Wildman–Crippen MR) is 128 cm³/mol. The molecule has 0 radical (unpaired) electrons. The van der Waals surface area contributed by atoms with Crippen LogP contribution in [0.3, 0.4) is 0 Å². The van der Waals surface area contributed by atoms with E-state index in [2.05, 4.69) is 14.9 Å². The van der Waals surface area contributed by atoms with E-state index in [1.54, 1.807) is 38.1 Å². The summed E-state index contributed by atoms with van der Waals surface area (Å²) in [5.74, 6) is -1.26. The minimum Gasteiger partial charge on any atom is -0.321 e. The van der Waals surface area contributed by atoms with Crippen LogP contribution >= 0.6 is 24.0 Å². The molecule has 176 valence electrons. The standard InChI is InChI=1S/C22H27ClFN3O3S.ClH/c1-14-6-4-5-7-17(14)22(28)25-20-13-19(24)21(12-18(20)23)31(29,30)26-15(2)16-8-10-27(3)11-9-16;/h4-7,12-13,15-16,26H,8-11H2,1-3H3,(H,25,28);1H/t15-;/m0./s1. The first kappa shape index (κ1) is 26.5. The molecule has 0 unspecified atom stereocenters. The summed E-state index contributed by atoms with van der Waals surface area (Å²) in [6.45, 7) is 5.37. The van der Waals surface area contributed by atoms with Gasteiger partial charge < -0.3 is 10.2 Å². The van der Waals surface area contributed by atoms with Crippen molar-refractivity contribution < 1.29 is 17.6 Å². The summed E-state index contributed by atoms with van der Waals surface area (Å²) in [5, 5.41) is 2.49. The monoisotopic (exact) mass is 503 g/mol. The molecule has 1 amide bonds. The molecule has 32 heavy (non-hydrogen) atoms. The topological polar surface area (TPSA) is 78.5 Å². The van der Waals surface area contributed by atoms with Gasteiger partial charge in [-0.2, -0.15) is 0 Å². The lowest BCUT2D eigenvalue weighted by Crippen LogP contribution is -2.43. The van der Waals surface area contributed by atoms with Crippen molar-refractivity contribution in [1.82, 2.24) is 9.62 Å². The van der Waals surface area contributed by atoms with Crippen LogP contribution in [0.4, 0.5) is 10.1 Å². The molecule has 0 bridgehead atoms. The van der Waals surface area contributed by atoms with E-state index in [-0.39, 0.29) is 35.1 Å². The molecule has 0 saturated carbocycles. The molecule has 10 heteroatoms. The summed E-state index contributed by atoms with van der Waals surface area (Å²) in [4.78, 5) is 14.2. The van der Waals surface area contributed by atoms with Crippen LogP contribution in [0.5, 0.6) is 0 Å². The Bertz CT molecular complexity index is 1070. The zero-order valence-electron chi connectivity index (χ0n) is 18.2. The number of amides is 1. The first-order valence-electron chi connectivity index (χ1n) is 10.2. The Morgan fingerprint density at radius 3 is 2.47 bits per heavy atom. The number of hydrogen-bond acceptors (Lipinski definition) is 4. The van der Waals surface area contributed by atoms with Crippen LogP contribution in [-0.4, -0.2) is 45.4 Å². The lowest BCUT2D eigenvalue weighted by molar-refractivity contribution is 0.102. The molecule has 2 aromatic carbocycles. The number of rotatable bonds is 6. The molecule has 6 nitrogen and oxygen atoms in total. The molecule has 1 heterocycles. The molecule has 0 aliphatic carbocycles. The maximum absolute atomic E-state index is 14.8. The highest BCUT2D eigenvalue weighted by Crippen LogP contribution is 2.29. The number of likely N-dealkylation sites (tertiary alicyclic amines) is 1. The van der Waals surface area contributed by atoms with E-state index >= 15 is 0 Å². The Kier molecular flexibility index (Phi) is 9.07. The molecular formula is C22H28Cl2FN3O3S. The van der Waals surface area contributed by atoms with Crippen molar-refractivity contribution in [3.8, 4) is 0 Å². The van der Waals surface area contributed by atoms with Gasteiger partial charge in [0.1, 0.15) is 10.7 Å². The van der Waals surface area contributed by atoms with Crippen molar-refractivity contribution in [1.29, 1.82) is 0 Å². The fourth-order valence-corrected chi connectivity index (χ4v) is 5.45. The Morgan fingerprint density at radius 1 is 1.22 bits per heavy atom. The van der Waals surface area contributed by atoms with E-state index in [0.29, 0.717) is 5.56 Å². The van der Waals surface area contributed by atoms with Gasteiger partial charge in [0.25, 0.3) is 5.91 Å². The van der Waals surface area contributed by atoms with Crippen LogP contribution in [0.15, 0.2) is 41.3 Å². The van der Waals surface area contributed by atoms with Crippen LogP contribution in [0, 0.1) is 18.7 Å². The zero-order valence-corrected chi connectivity index (χ0v) is 20.6. The second-order valence-corrected chi connectivity index (χ2v) is 10.2. The van der Waals surface area contributed by atoms with Crippen molar-refractivity contribution >= 4 is 45.6 Å². The Balaban J connectivity index is 0.00000363. The number of sulfonamides is 1. The summed E-state index contributed by atoms with van der Waals surface area (Å²) < 4.78 is 43.0. The van der Waals surface area contributed by atoms with Crippen molar-refractivity contribution in [2.45, 2.75) is 37.6 Å². The van der Waals surface area contributed by atoms with Crippen LogP contribution in [0.1, 0.15) is 35.7 Å². The SMILES string of the molecule is Cc1ccccc1C(=O)Nc1cc(F)c(S(=O)(=O)N[C@@H](C)C2CCN(C)CC2)cc1Cl.Cl. The maximum Gasteiger partial charge on any atom is 0.255 e. The first-order chi connectivity index (χ1) is 14.6. The minimum absolute atomic E-state index is 0. The largest absolute Gasteiger partial charge is 0.321 e. The molecule has 0 spiro atoms. The highest BCUT2D eigenvalue weighted by atomic mass is 35.5. The van der Waals surface area contributed by atoms with Gasteiger partial charge in [-0.1, -0.05) is 29.8 Å². The third-order valence-electron chi connectivity index (χ3n) is 5.76. The fraction of sp³-hybridized carbons (Fsp3) is 0.409. The Morgan fingerprint density at radius 2 is 1.84 bits per heavy atom. The normalized spacial score (nSPS) is 16.3. The van der Waals surface area contributed by atoms with Gasteiger partial charge in [0, 0.05) is 17.7 Å². The van der Waals surface area contributed by atoms with Gasteiger partial charge in [-0.15, -0.1) is 12.4 Å². The lowest BCUT2D eigenvalue weighted by atomic mass is 9.91. The number of hydrogen-bond donors (Lipinski definition) is 2. The van der Waals surface area contributed by atoms with Gasteiger partial charge in [-0.25, -0.2) is 17.5 Å². The summed E-state index contributed by atoms with van der Waals surface area (Å²) in [6, 6.07) is 8.58. The molecule has 3 rings (SSSR count). The maximum atomic E-state index is 14.8. The van der Waals surface area contributed by atoms with Crippen LogP contribution in [0.2, 0.25) is 5.02 Å². The van der Waals surface area contributed by atoms with Crippen LogP contribution < -0.4 is 10.0 Å². The van der Waals surface area contributed by atoms with E-state index in [1.165, 1.54) is 0 Å². The summed E-state index contributed by atoms with van der Waals surface area (Å²) in [7, 11) is -2.09. The average Bonchev–Trinajstić information content (AvgIpc) is 2.70. The molecule has 1 aliphatic heterocycles. The number of carbonyl (C=O) groups is 1. The molecular weight excluding hydrogens is 476 g/mol. The average molecular weight is 504 g/mol. The number of carbonyl (C=O) groups excluding carboxylic acids is 1. The molecule has 1 fully saturated rings. The number of anilines is 1. The van der Waals surface area contributed by atoms with Gasteiger partial charge in [-0.3, -0.25) is 4.79 Å². The highest BCUT2D eigenvalue weighted by molar-refractivity contribution is 7.89. The van der Waals surface area contributed by atoms with E-state index in [0.717, 1.165) is 43.6 Å². The van der Waals surface area contributed by atoms with Crippen molar-refractivity contribution in [3.63, 3.8) is 0 Å². The molecule has 2 aromatic rings. The van der Waals surface area contributed by atoms with Crippen LogP contribution in [0.25, 0.3) is 0 Å². The summed E-state index contributed by atoms with van der Waals surface area (Å²) >= 11 is 6.20. The Labute approximate surface area is 200 Å². The molecule has 1 saturated heterocycles. The third-order valence-corrected chi connectivity index (χ3v) is 7.65. The number of nitrogens with zero attached hydrogens (tertiary/aromatic N) is 1. The number of piperidine rings is 1. The van der Waals surface area contributed by atoms with E-state index in [1.807, 2.05) is 7.05 Å².